The third-order valence-corrected chi connectivity index (χ3v) is 5.40. The van der Waals surface area contributed by atoms with Crippen LogP contribution in [0.4, 0.5) is 0 Å². The second kappa shape index (κ2) is 7.41. The second-order valence-corrected chi connectivity index (χ2v) is 7.71. The van der Waals surface area contributed by atoms with Crippen molar-refractivity contribution in [3.8, 4) is 0 Å². The van der Waals surface area contributed by atoms with Crippen LogP contribution in [-0.4, -0.2) is 70.0 Å². The first kappa shape index (κ1) is 18.7. The number of amides is 1. The van der Waals surface area contributed by atoms with Crippen molar-refractivity contribution in [3.05, 3.63) is 54.0 Å². The highest BCUT2D eigenvalue weighted by Crippen LogP contribution is 2.32. The van der Waals surface area contributed by atoms with Gasteiger partial charge in [-0.25, -0.2) is 0 Å². The molecule has 1 saturated heterocycles. The molecule has 1 aromatic carbocycles. The number of nitrogens with zero attached hydrogens (tertiary/aromatic N) is 5. The SMILES string of the molecule is CN(C)C[C@@H]1OCCN(C(=O)c2cc3ccccc3n2C)[C@H]1c1cnn(C)c1. The van der Waals surface area contributed by atoms with E-state index in [0.29, 0.717) is 18.8 Å². The number of ether oxygens (including phenoxy) is 1. The summed E-state index contributed by atoms with van der Waals surface area (Å²) in [5.41, 5.74) is 2.75. The Morgan fingerprint density at radius 2 is 2.07 bits per heavy atom. The molecule has 1 fully saturated rings. The Morgan fingerprint density at radius 1 is 1.29 bits per heavy atom. The highest BCUT2D eigenvalue weighted by atomic mass is 16.5. The topological polar surface area (TPSA) is 55.5 Å². The summed E-state index contributed by atoms with van der Waals surface area (Å²) in [5.74, 6) is 0.0274. The van der Waals surface area contributed by atoms with Gasteiger partial charge in [0.2, 0.25) is 0 Å². The molecule has 0 spiro atoms. The average Bonchev–Trinajstić information content (AvgIpc) is 3.24. The van der Waals surface area contributed by atoms with Gasteiger partial charge in [-0.3, -0.25) is 9.48 Å². The first-order chi connectivity index (χ1) is 13.5. The zero-order valence-corrected chi connectivity index (χ0v) is 16.9. The molecule has 3 aromatic rings. The minimum atomic E-state index is -0.171. The number of carbonyl (C=O) groups is 1. The number of para-hydroxylation sites is 1. The maximum Gasteiger partial charge on any atom is 0.271 e. The summed E-state index contributed by atoms with van der Waals surface area (Å²) in [7, 11) is 7.89. The Balaban J connectivity index is 1.74. The van der Waals surface area contributed by atoms with Crippen molar-refractivity contribution >= 4 is 16.8 Å². The van der Waals surface area contributed by atoms with Crippen molar-refractivity contribution in [1.29, 1.82) is 0 Å². The first-order valence-corrected chi connectivity index (χ1v) is 9.56. The van der Waals surface area contributed by atoms with E-state index in [1.165, 1.54) is 0 Å². The van der Waals surface area contributed by atoms with E-state index < -0.39 is 0 Å². The van der Waals surface area contributed by atoms with E-state index in [1.807, 2.05) is 80.4 Å². The molecule has 3 heterocycles. The normalized spacial score (nSPS) is 20.2. The monoisotopic (exact) mass is 381 g/mol. The lowest BCUT2D eigenvalue weighted by molar-refractivity contribution is -0.0687. The Labute approximate surface area is 165 Å². The van der Waals surface area contributed by atoms with Crippen molar-refractivity contribution in [2.24, 2.45) is 14.1 Å². The standard InChI is InChI=1S/C21H27N5O2/c1-23(2)14-19-20(16-12-22-24(3)13-16)26(9-10-28-19)21(27)18-11-15-7-5-6-8-17(15)25(18)4/h5-8,11-13,19-20H,9-10,14H2,1-4H3/t19-,20-/m0/s1. The summed E-state index contributed by atoms with van der Waals surface area (Å²) in [4.78, 5) is 17.7. The molecule has 2 aromatic heterocycles. The molecule has 4 rings (SSSR count). The van der Waals surface area contributed by atoms with E-state index in [0.717, 1.165) is 23.0 Å². The molecular formula is C21H27N5O2. The summed E-state index contributed by atoms with van der Waals surface area (Å²) < 4.78 is 9.85. The summed E-state index contributed by atoms with van der Waals surface area (Å²) >= 11 is 0. The highest BCUT2D eigenvalue weighted by Gasteiger charge is 2.38. The van der Waals surface area contributed by atoms with Crippen LogP contribution < -0.4 is 0 Å². The Morgan fingerprint density at radius 3 is 2.75 bits per heavy atom. The second-order valence-electron chi connectivity index (χ2n) is 7.71. The molecule has 0 bridgehead atoms. The molecule has 1 amide bonds. The van der Waals surface area contributed by atoms with Crippen molar-refractivity contribution in [3.63, 3.8) is 0 Å². The van der Waals surface area contributed by atoms with Crippen LogP contribution in [0.2, 0.25) is 0 Å². The molecule has 1 aliphatic rings. The molecule has 7 nitrogen and oxygen atoms in total. The summed E-state index contributed by atoms with van der Waals surface area (Å²) in [5, 5.41) is 5.40. The fourth-order valence-electron chi connectivity index (χ4n) is 4.10. The maximum atomic E-state index is 13.6. The fourth-order valence-corrected chi connectivity index (χ4v) is 4.10. The number of aryl methyl sites for hydroxylation is 2. The number of aromatic nitrogens is 3. The van der Waals surface area contributed by atoms with Crippen LogP contribution in [0.25, 0.3) is 10.9 Å². The van der Waals surface area contributed by atoms with Crippen molar-refractivity contribution < 1.29 is 9.53 Å². The van der Waals surface area contributed by atoms with E-state index in [9.17, 15) is 4.79 Å². The van der Waals surface area contributed by atoms with Gasteiger partial charge in [0, 0.05) is 49.8 Å². The minimum absolute atomic E-state index is 0.0274. The van der Waals surface area contributed by atoms with Crippen molar-refractivity contribution in [1.82, 2.24) is 24.1 Å². The van der Waals surface area contributed by atoms with Crippen LogP contribution in [0.5, 0.6) is 0 Å². The van der Waals surface area contributed by atoms with Crippen LogP contribution in [0.1, 0.15) is 22.1 Å². The van der Waals surface area contributed by atoms with Gasteiger partial charge in [0.25, 0.3) is 5.91 Å². The lowest BCUT2D eigenvalue weighted by Crippen LogP contribution is -2.51. The summed E-state index contributed by atoms with van der Waals surface area (Å²) in [6.45, 7) is 1.83. The largest absolute Gasteiger partial charge is 0.373 e. The van der Waals surface area contributed by atoms with E-state index in [4.69, 9.17) is 4.74 Å². The average molecular weight is 381 g/mol. The van der Waals surface area contributed by atoms with E-state index in [1.54, 1.807) is 4.68 Å². The van der Waals surface area contributed by atoms with Gasteiger partial charge in [0.1, 0.15) is 5.69 Å². The van der Waals surface area contributed by atoms with Gasteiger partial charge in [-0.15, -0.1) is 0 Å². The van der Waals surface area contributed by atoms with E-state index in [2.05, 4.69) is 10.00 Å². The van der Waals surface area contributed by atoms with Gasteiger partial charge in [-0.2, -0.15) is 5.10 Å². The van der Waals surface area contributed by atoms with Crippen molar-refractivity contribution in [2.45, 2.75) is 12.1 Å². The molecule has 148 valence electrons. The number of hydrogen-bond acceptors (Lipinski definition) is 4. The number of benzene rings is 1. The zero-order chi connectivity index (χ0) is 19.8. The Hall–Kier alpha value is -2.64. The van der Waals surface area contributed by atoms with Crippen LogP contribution in [0, 0.1) is 0 Å². The van der Waals surface area contributed by atoms with Gasteiger partial charge in [0.05, 0.1) is 24.9 Å². The predicted molar refractivity (Wildman–Crippen MR) is 108 cm³/mol. The number of carbonyl (C=O) groups excluding carboxylic acids is 1. The first-order valence-electron chi connectivity index (χ1n) is 9.56. The van der Waals surface area contributed by atoms with Gasteiger partial charge in [-0.05, 0) is 26.2 Å². The number of morpholine rings is 1. The minimum Gasteiger partial charge on any atom is -0.373 e. The number of fused-ring (bicyclic) bond motifs is 1. The summed E-state index contributed by atoms with van der Waals surface area (Å²) in [6, 6.07) is 9.88. The van der Waals surface area contributed by atoms with Gasteiger partial charge in [-0.1, -0.05) is 18.2 Å². The number of likely N-dealkylation sites (N-methyl/N-ethyl adjacent to an activating group) is 1. The lowest BCUT2D eigenvalue weighted by atomic mass is 10.00. The van der Waals surface area contributed by atoms with Crippen LogP contribution in [0.3, 0.4) is 0 Å². The Kier molecular flexibility index (Phi) is 4.95. The third-order valence-electron chi connectivity index (χ3n) is 5.40. The fraction of sp³-hybridized carbons (Fsp3) is 0.429. The molecule has 7 heteroatoms. The van der Waals surface area contributed by atoms with Crippen LogP contribution in [0.15, 0.2) is 42.7 Å². The predicted octanol–water partition coefficient (Wildman–Crippen LogP) is 2.06. The molecule has 28 heavy (non-hydrogen) atoms. The van der Waals surface area contributed by atoms with Gasteiger partial charge >= 0.3 is 0 Å². The zero-order valence-electron chi connectivity index (χ0n) is 16.9. The van der Waals surface area contributed by atoms with Gasteiger partial charge in [0.15, 0.2) is 0 Å². The van der Waals surface area contributed by atoms with Gasteiger partial charge < -0.3 is 19.1 Å². The molecule has 0 unspecified atom stereocenters. The molecular weight excluding hydrogens is 354 g/mol. The molecule has 0 saturated carbocycles. The molecule has 0 N–H and O–H groups in total. The molecule has 0 aliphatic carbocycles. The number of rotatable bonds is 4. The molecule has 0 radical (unpaired) electrons. The number of hydrogen-bond donors (Lipinski definition) is 0. The molecule has 2 atom stereocenters. The smallest absolute Gasteiger partial charge is 0.271 e. The third kappa shape index (κ3) is 3.31. The highest BCUT2D eigenvalue weighted by molar-refractivity contribution is 5.99. The molecule has 1 aliphatic heterocycles. The maximum absolute atomic E-state index is 13.6. The quantitative estimate of drug-likeness (QED) is 0.694. The van der Waals surface area contributed by atoms with Crippen LogP contribution in [-0.2, 0) is 18.8 Å². The lowest BCUT2D eigenvalue weighted by Gasteiger charge is -2.41. The Bertz CT molecular complexity index is 990. The van der Waals surface area contributed by atoms with Crippen molar-refractivity contribution in [2.75, 3.05) is 33.8 Å². The van der Waals surface area contributed by atoms with Crippen LogP contribution >= 0.6 is 0 Å². The van der Waals surface area contributed by atoms with E-state index >= 15 is 0 Å². The van der Waals surface area contributed by atoms with E-state index in [-0.39, 0.29) is 18.1 Å². The summed E-state index contributed by atoms with van der Waals surface area (Å²) in [6.07, 6.45) is 3.71.